The van der Waals surface area contributed by atoms with Crippen LogP contribution >= 0.6 is 0 Å². The van der Waals surface area contributed by atoms with Gasteiger partial charge in [0.05, 0.1) is 12.7 Å². The molecule has 3 nitrogen and oxygen atoms in total. The van der Waals surface area contributed by atoms with E-state index >= 15 is 0 Å². The first-order valence-electron chi connectivity index (χ1n) is 6.24. The Morgan fingerprint density at radius 3 is 2.50 bits per heavy atom. The third kappa shape index (κ3) is 3.35. The van der Waals surface area contributed by atoms with Gasteiger partial charge < -0.3 is 9.64 Å². The summed E-state index contributed by atoms with van der Waals surface area (Å²) in [7, 11) is 3.25. The third-order valence-corrected chi connectivity index (χ3v) is 3.04. The van der Waals surface area contributed by atoms with Crippen LogP contribution in [-0.4, -0.2) is 20.1 Å². The molecule has 0 heterocycles. The second-order valence-corrected chi connectivity index (χ2v) is 4.52. The van der Waals surface area contributed by atoms with Gasteiger partial charge in [-0.25, -0.2) is 9.18 Å². The molecule has 4 heteroatoms. The normalized spacial score (nSPS) is 10.2. The van der Waals surface area contributed by atoms with Crippen LogP contribution < -0.4 is 4.90 Å². The zero-order valence-electron chi connectivity index (χ0n) is 11.5. The number of esters is 1. The minimum atomic E-state index is -0.352. The van der Waals surface area contributed by atoms with Crippen LogP contribution in [0.2, 0.25) is 0 Å². The number of carbonyl (C=O) groups excluding carboxylic acids is 1. The Labute approximate surface area is 117 Å². The predicted molar refractivity (Wildman–Crippen MR) is 76.3 cm³/mol. The van der Waals surface area contributed by atoms with Crippen molar-refractivity contribution in [2.75, 3.05) is 19.1 Å². The fraction of sp³-hybridized carbons (Fsp3) is 0.188. The first-order valence-corrected chi connectivity index (χ1v) is 6.24. The van der Waals surface area contributed by atoms with E-state index in [4.69, 9.17) is 0 Å². The molecule has 0 saturated carbocycles. The van der Waals surface area contributed by atoms with Gasteiger partial charge in [0.25, 0.3) is 0 Å². The highest BCUT2D eigenvalue weighted by Crippen LogP contribution is 2.17. The summed E-state index contributed by atoms with van der Waals surface area (Å²) in [6.07, 6.45) is 0. The molecule has 0 amide bonds. The Hall–Kier alpha value is -2.36. The molecule has 0 radical (unpaired) electrons. The summed E-state index contributed by atoms with van der Waals surface area (Å²) in [5, 5.41) is 0. The van der Waals surface area contributed by atoms with Crippen molar-refractivity contribution in [3.63, 3.8) is 0 Å². The van der Waals surface area contributed by atoms with Gasteiger partial charge in [0.15, 0.2) is 0 Å². The van der Waals surface area contributed by atoms with E-state index in [0.717, 1.165) is 11.3 Å². The van der Waals surface area contributed by atoms with Gasteiger partial charge in [0.1, 0.15) is 5.82 Å². The predicted octanol–water partition coefficient (Wildman–Crippen LogP) is 3.25. The molecule has 0 atom stereocenters. The lowest BCUT2D eigenvalue weighted by molar-refractivity contribution is 0.0600. The topological polar surface area (TPSA) is 29.5 Å². The van der Waals surface area contributed by atoms with Gasteiger partial charge in [0, 0.05) is 19.3 Å². The lowest BCUT2D eigenvalue weighted by atomic mass is 10.1. The molecule has 0 N–H and O–H groups in total. The van der Waals surface area contributed by atoms with E-state index in [1.54, 1.807) is 18.2 Å². The number of nitrogens with zero attached hydrogens (tertiary/aromatic N) is 1. The summed E-state index contributed by atoms with van der Waals surface area (Å²) in [4.78, 5) is 13.3. The first-order chi connectivity index (χ1) is 9.60. The fourth-order valence-corrected chi connectivity index (χ4v) is 1.94. The molecule has 20 heavy (non-hydrogen) atoms. The lowest BCUT2D eigenvalue weighted by Gasteiger charge is -2.19. The van der Waals surface area contributed by atoms with Gasteiger partial charge in [-0.15, -0.1) is 0 Å². The second-order valence-electron chi connectivity index (χ2n) is 4.52. The summed E-state index contributed by atoms with van der Waals surface area (Å²) in [5.74, 6) is -0.606. The van der Waals surface area contributed by atoms with Crippen LogP contribution in [0.5, 0.6) is 0 Å². The van der Waals surface area contributed by atoms with Crippen molar-refractivity contribution in [1.29, 1.82) is 0 Å². The molecule has 2 rings (SSSR count). The number of anilines is 1. The maximum Gasteiger partial charge on any atom is 0.337 e. The number of carbonyl (C=O) groups is 1. The average molecular weight is 273 g/mol. The average Bonchev–Trinajstić information content (AvgIpc) is 2.47. The molecule has 0 aromatic heterocycles. The van der Waals surface area contributed by atoms with Crippen molar-refractivity contribution in [3.8, 4) is 0 Å². The van der Waals surface area contributed by atoms with Crippen molar-refractivity contribution < 1.29 is 13.9 Å². The Balaban J connectivity index is 2.08. The SMILES string of the molecule is COC(=O)c1ccc(CN(C)c2cccc(F)c2)cc1. The van der Waals surface area contributed by atoms with E-state index in [2.05, 4.69) is 4.74 Å². The minimum absolute atomic E-state index is 0.254. The highest BCUT2D eigenvalue weighted by atomic mass is 19.1. The molecule has 0 aliphatic carbocycles. The van der Waals surface area contributed by atoms with E-state index in [-0.39, 0.29) is 11.8 Å². The molecular formula is C16H16FNO2. The molecule has 0 fully saturated rings. The van der Waals surface area contributed by atoms with Gasteiger partial charge >= 0.3 is 5.97 Å². The van der Waals surface area contributed by atoms with Gasteiger partial charge in [-0.1, -0.05) is 18.2 Å². The maximum absolute atomic E-state index is 13.2. The van der Waals surface area contributed by atoms with Crippen LogP contribution in [0.1, 0.15) is 15.9 Å². The van der Waals surface area contributed by atoms with Crippen molar-refractivity contribution >= 4 is 11.7 Å². The molecule has 0 aliphatic heterocycles. The Bertz CT molecular complexity index is 596. The molecule has 2 aromatic rings. The van der Waals surface area contributed by atoms with Gasteiger partial charge in [-0.05, 0) is 35.9 Å². The molecular weight excluding hydrogens is 257 g/mol. The maximum atomic E-state index is 13.2. The smallest absolute Gasteiger partial charge is 0.337 e. The van der Waals surface area contributed by atoms with Crippen LogP contribution in [0, 0.1) is 5.82 Å². The number of halogens is 1. The van der Waals surface area contributed by atoms with Crippen LogP contribution in [0.4, 0.5) is 10.1 Å². The first kappa shape index (κ1) is 14.1. The summed E-state index contributed by atoms with van der Waals surface area (Å²) in [5.41, 5.74) is 2.36. The molecule has 0 spiro atoms. The monoisotopic (exact) mass is 273 g/mol. The molecule has 0 aliphatic rings. The van der Waals surface area contributed by atoms with Crippen LogP contribution in [-0.2, 0) is 11.3 Å². The Kier molecular flexibility index (Phi) is 4.35. The zero-order chi connectivity index (χ0) is 14.5. The van der Waals surface area contributed by atoms with E-state index in [0.29, 0.717) is 12.1 Å². The summed E-state index contributed by atoms with van der Waals surface area (Å²) >= 11 is 0. The number of benzene rings is 2. The molecule has 104 valence electrons. The Morgan fingerprint density at radius 1 is 1.20 bits per heavy atom. The van der Waals surface area contributed by atoms with Crippen molar-refractivity contribution in [3.05, 3.63) is 65.5 Å². The summed E-state index contributed by atoms with van der Waals surface area (Å²) in [6.45, 7) is 0.630. The van der Waals surface area contributed by atoms with Crippen molar-refractivity contribution in [1.82, 2.24) is 0 Å². The Morgan fingerprint density at radius 2 is 1.90 bits per heavy atom. The number of methoxy groups -OCH3 is 1. The van der Waals surface area contributed by atoms with E-state index < -0.39 is 0 Å². The van der Waals surface area contributed by atoms with E-state index in [1.165, 1.54) is 19.2 Å². The van der Waals surface area contributed by atoms with Crippen molar-refractivity contribution in [2.24, 2.45) is 0 Å². The quantitative estimate of drug-likeness (QED) is 0.801. The number of rotatable bonds is 4. The number of hydrogen-bond acceptors (Lipinski definition) is 3. The highest BCUT2D eigenvalue weighted by molar-refractivity contribution is 5.89. The number of ether oxygens (including phenoxy) is 1. The fourth-order valence-electron chi connectivity index (χ4n) is 1.94. The standard InChI is InChI=1S/C16H16FNO2/c1-18(15-5-3-4-14(17)10-15)11-12-6-8-13(9-7-12)16(19)20-2/h3-10H,11H2,1-2H3. The molecule has 2 aromatic carbocycles. The van der Waals surface area contributed by atoms with Crippen molar-refractivity contribution in [2.45, 2.75) is 6.54 Å². The minimum Gasteiger partial charge on any atom is -0.465 e. The molecule has 0 unspecified atom stereocenters. The zero-order valence-corrected chi connectivity index (χ0v) is 11.5. The third-order valence-electron chi connectivity index (χ3n) is 3.04. The number of hydrogen-bond donors (Lipinski definition) is 0. The summed E-state index contributed by atoms with van der Waals surface area (Å²) < 4.78 is 17.8. The van der Waals surface area contributed by atoms with E-state index in [1.807, 2.05) is 30.1 Å². The highest BCUT2D eigenvalue weighted by Gasteiger charge is 2.06. The largest absolute Gasteiger partial charge is 0.465 e. The van der Waals surface area contributed by atoms with Gasteiger partial charge in [-0.3, -0.25) is 0 Å². The van der Waals surface area contributed by atoms with Crippen LogP contribution in [0.25, 0.3) is 0 Å². The molecule has 0 saturated heterocycles. The summed E-state index contributed by atoms with van der Waals surface area (Å²) in [6, 6.07) is 13.6. The van der Waals surface area contributed by atoms with Crippen LogP contribution in [0.15, 0.2) is 48.5 Å². The van der Waals surface area contributed by atoms with Gasteiger partial charge in [-0.2, -0.15) is 0 Å². The van der Waals surface area contributed by atoms with Crippen LogP contribution in [0.3, 0.4) is 0 Å². The second kappa shape index (κ2) is 6.19. The van der Waals surface area contributed by atoms with E-state index in [9.17, 15) is 9.18 Å². The lowest BCUT2D eigenvalue weighted by Crippen LogP contribution is -2.16. The molecule has 0 bridgehead atoms. The van der Waals surface area contributed by atoms with Gasteiger partial charge in [0.2, 0.25) is 0 Å².